The van der Waals surface area contributed by atoms with Gasteiger partial charge in [0.2, 0.25) is 0 Å². The second kappa shape index (κ2) is 5.01. The van der Waals surface area contributed by atoms with E-state index in [4.69, 9.17) is 22.4 Å². The summed E-state index contributed by atoms with van der Waals surface area (Å²) < 4.78 is 0. The number of carboxylic acid groups (broad SMARTS) is 1. The number of hydrogen-bond acceptors (Lipinski definition) is 4. The number of aromatic nitrogens is 2. The monoisotopic (exact) mass is 263 g/mol. The molecule has 0 amide bonds. The number of aromatic carboxylic acids is 1. The van der Waals surface area contributed by atoms with Crippen molar-refractivity contribution in [2.24, 2.45) is 0 Å². The maximum absolute atomic E-state index is 11.1. The highest BCUT2D eigenvalue weighted by Gasteiger charge is 2.13. The molecule has 0 aliphatic rings. The summed E-state index contributed by atoms with van der Waals surface area (Å²) in [5, 5.41) is 9.33. The Morgan fingerprint density at radius 2 is 2.06 bits per heavy atom. The van der Waals surface area contributed by atoms with E-state index < -0.39 is 5.97 Å². The predicted octanol–water partition coefficient (Wildman–Crippen LogP) is 2.00. The van der Waals surface area contributed by atoms with Gasteiger partial charge in [0.15, 0.2) is 0 Å². The van der Waals surface area contributed by atoms with Crippen LogP contribution in [0, 0.1) is 0 Å². The summed E-state index contributed by atoms with van der Waals surface area (Å²) in [6, 6.07) is 6.67. The van der Waals surface area contributed by atoms with Crippen LogP contribution in [0.5, 0.6) is 0 Å². The molecule has 1 aromatic heterocycles. The summed E-state index contributed by atoms with van der Waals surface area (Å²) in [7, 11) is 0. The zero-order valence-corrected chi connectivity index (χ0v) is 10.1. The van der Waals surface area contributed by atoms with Gasteiger partial charge in [0, 0.05) is 12.0 Å². The van der Waals surface area contributed by atoms with Crippen LogP contribution in [-0.4, -0.2) is 21.0 Å². The third kappa shape index (κ3) is 2.41. The fourth-order valence-corrected chi connectivity index (χ4v) is 1.85. The predicted molar refractivity (Wildman–Crippen MR) is 67.7 cm³/mol. The fourth-order valence-electron chi connectivity index (χ4n) is 1.64. The first-order chi connectivity index (χ1) is 8.59. The lowest BCUT2D eigenvalue weighted by molar-refractivity contribution is 0.0696. The molecule has 2 aromatic rings. The van der Waals surface area contributed by atoms with Crippen LogP contribution in [0.2, 0.25) is 5.15 Å². The van der Waals surface area contributed by atoms with Crippen molar-refractivity contribution in [1.29, 1.82) is 0 Å². The summed E-state index contributed by atoms with van der Waals surface area (Å²) in [4.78, 5) is 18.8. The second-order valence-electron chi connectivity index (χ2n) is 3.67. The minimum Gasteiger partial charge on any atom is -0.478 e. The first kappa shape index (κ1) is 12.3. The van der Waals surface area contributed by atoms with Crippen molar-refractivity contribution in [2.75, 3.05) is 5.73 Å². The number of benzene rings is 1. The maximum Gasteiger partial charge on any atom is 0.335 e. The minimum absolute atomic E-state index is 0.219. The average molecular weight is 264 g/mol. The van der Waals surface area contributed by atoms with Gasteiger partial charge in [-0.15, -0.1) is 0 Å². The Balaban J connectivity index is 2.43. The van der Waals surface area contributed by atoms with Crippen LogP contribution < -0.4 is 5.73 Å². The van der Waals surface area contributed by atoms with Gasteiger partial charge in [-0.2, -0.15) is 0 Å². The van der Waals surface area contributed by atoms with Crippen LogP contribution in [0.3, 0.4) is 0 Å². The molecule has 0 radical (unpaired) electrons. The van der Waals surface area contributed by atoms with Crippen LogP contribution >= 0.6 is 11.6 Å². The lowest BCUT2D eigenvalue weighted by atomic mass is 10.0. The van der Waals surface area contributed by atoms with E-state index in [1.165, 1.54) is 12.4 Å². The number of hydrogen-bond donors (Lipinski definition) is 2. The Kier molecular flexibility index (Phi) is 3.43. The Morgan fingerprint density at radius 3 is 2.72 bits per heavy atom. The summed E-state index contributed by atoms with van der Waals surface area (Å²) in [6.07, 6.45) is 1.55. The molecule has 1 heterocycles. The summed E-state index contributed by atoms with van der Waals surface area (Å²) >= 11 is 5.93. The standard InChI is InChI=1S/C12H10ClN3O2/c13-10-9(11(14)16-6-15-10)5-7-3-1-2-4-8(7)12(17)18/h1-4,6H,5H2,(H,17,18)(H2,14,15,16). The third-order valence-electron chi connectivity index (χ3n) is 2.54. The molecule has 0 fully saturated rings. The number of nitrogens with zero attached hydrogens (tertiary/aromatic N) is 2. The van der Waals surface area contributed by atoms with E-state index in [1.807, 2.05) is 0 Å². The average Bonchev–Trinajstić information content (AvgIpc) is 2.34. The molecule has 0 bridgehead atoms. The molecule has 0 saturated carbocycles. The van der Waals surface area contributed by atoms with Crippen LogP contribution in [0.1, 0.15) is 21.5 Å². The Hall–Kier alpha value is -2.14. The molecule has 1 aromatic carbocycles. The minimum atomic E-state index is -0.989. The van der Waals surface area contributed by atoms with E-state index in [2.05, 4.69) is 9.97 Å². The molecule has 0 atom stereocenters. The van der Waals surface area contributed by atoms with Crippen molar-refractivity contribution >= 4 is 23.4 Å². The topological polar surface area (TPSA) is 89.1 Å². The molecule has 0 aliphatic heterocycles. The van der Waals surface area contributed by atoms with Crippen LogP contribution in [-0.2, 0) is 6.42 Å². The van der Waals surface area contributed by atoms with E-state index in [-0.39, 0.29) is 23.0 Å². The number of carboxylic acids is 1. The highest BCUT2D eigenvalue weighted by atomic mass is 35.5. The molecule has 18 heavy (non-hydrogen) atoms. The van der Waals surface area contributed by atoms with Crippen molar-refractivity contribution in [3.8, 4) is 0 Å². The van der Waals surface area contributed by atoms with Crippen LogP contribution in [0.25, 0.3) is 0 Å². The van der Waals surface area contributed by atoms with Crippen LogP contribution in [0.4, 0.5) is 5.82 Å². The fraction of sp³-hybridized carbons (Fsp3) is 0.0833. The SMILES string of the molecule is Nc1ncnc(Cl)c1Cc1ccccc1C(=O)O. The molecule has 0 aliphatic carbocycles. The smallest absolute Gasteiger partial charge is 0.335 e. The van der Waals surface area contributed by atoms with Gasteiger partial charge >= 0.3 is 5.97 Å². The zero-order valence-electron chi connectivity index (χ0n) is 9.30. The normalized spacial score (nSPS) is 10.3. The Labute approximate surface area is 108 Å². The van der Waals surface area contributed by atoms with Gasteiger partial charge in [-0.25, -0.2) is 14.8 Å². The summed E-state index contributed by atoms with van der Waals surface area (Å²) in [6.45, 7) is 0. The van der Waals surface area contributed by atoms with E-state index in [0.717, 1.165) is 0 Å². The number of carbonyl (C=O) groups is 1. The van der Waals surface area contributed by atoms with E-state index in [1.54, 1.807) is 18.2 Å². The van der Waals surface area contributed by atoms with Gasteiger partial charge in [0.25, 0.3) is 0 Å². The highest BCUT2D eigenvalue weighted by molar-refractivity contribution is 6.30. The lowest BCUT2D eigenvalue weighted by Crippen LogP contribution is -2.06. The van der Waals surface area contributed by atoms with Gasteiger partial charge in [0.05, 0.1) is 5.56 Å². The van der Waals surface area contributed by atoms with Crippen molar-refractivity contribution in [3.05, 3.63) is 52.4 Å². The quantitative estimate of drug-likeness (QED) is 0.827. The molecule has 92 valence electrons. The molecule has 0 spiro atoms. The first-order valence-electron chi connectivity index (χ1n) is 5.15. The molecule has 0 unspecified atom stereocenters. The van der Waals surface area contributed by atoms with Crippen molar-refractivity contribution in [2.45, 2.75) is 6.42 Å². The molecular weight excluding hydrogens is 254 g/mol. The Morgan fingerprint density at radius 1 is 1.33 bits per heavy atom. The third-order valence-corrected chi connectivity index (χ3v) is 2.87. The van der Waals surface area contributed by atoms with E-state index in [9.17, 15) is 4.79 Å². The summed E-state index contributed by atoms with van der Waals surface area (Å²) in [5.74, 6) is -0.729. The van der Waals surface area contributed by atoms with Gasteiger partial charge in [-0.05, 0) is 11.6 Å². The number of nitrogen functional groups attached to an aromatic ring is 1. The van der Waals surface area contributed by atoms with Crippen LogP contribution in [0.15, 0.2) is 30.6 Å². The maximum atomic E-state index is 11.1. The largest absolute Gasteiger partial charge is 0.478 e. The highest BCUT2D eigenvalue weighted by Crippen LogP contribution is 2.22. The molecule has 3 N–H and O–H groups in total. The zero-order chi connectivity index (χ0) is 13.1. The molecule has 2 rings (SSSR count). The van der Waals surface area contributed by atoms with Gasteiger partial charge < -0.3 is 10.8 Å². The van der Waals surface area contributed by atoms with Crippen molar-refractivity contribution < 1.29 is 9.90 Å². The van der Waals surface area contributed by atoms with Crippen molar-refractivity contribution in [3.63, 3.8) is 0 Å². The van der Waals surface area contributed by atoms with Gasteiger partial charge in [-0.1, -0.05) is 29.8 Å². The number of rotatable bonds is 3. The molecule has 6 heteroatoms. The first-order valence-corrected chi connectivity index (χ1v) is 5.53. The molecule has 5 nitrogen and oxygen atoms in total. The molecule has 0 saturated heterocycles. The van der Waals surface area contributed by atoms with Gasteiger partial charge in [-0.3, -0.25) is 0 Å². The Bertz CT molecular complexity index is 581. The number of anilines is 1. The van der Waals surface area contributed by atoms with Crippen molar-refractivity contribution in [1.82, 2.24) is 9.97 Å². The van der Waals surface area contributed by atoms with E-state index >= 15 is 0 Å². The van der Waals surface area contributed by atoms with E-state index in [0.29, 0.717) is 11.1 Å². The lowest BCUT2D eigenvalue weighted by Gasteiger charge is -2.08. The summed E-state index contributed by atoms with van der Waals surface area (Å²) in [5.41, 5.74) is 7.09. The number of nitrogens with two attached hydrogens (primary N) is 1. The number of halogens is 1. The van der Waals surface area contributed by atoms with Gasteiger partial charge in [0.1, 0.15) is 17.3 Å². The second-order valence-corrected chi connectivity index (χ2v) is 4.03. The molecular formula is C12H10ClN3O2.